The first-order chi connectivity index (χ1) is 22.4. The number of alkyl halides is 1. The van der Waals surface area contributed by atoms with Crippen molar-refractivity contribution in [2.45, 2.75) is 57.3 Å². The van der Waals surface area contributed by atoms with E-state index in [2.05, 4.69) is 27.6 Å². The standard InChI is InChI=1S/C35H29F2N5O3S/c1-18-40-41-34(45-18)29-25(17-23(37)20-8-11-21(36)12-9-20)38-32-26-7-4-16-42(26)35(44)31(32)30(29)27-14-15-28(46-27)33(43)39-24-13-10-19-5-2-3-6-22(19)24/h2-3,5-6,8-9,11-12,14-15,23-24,26H,4,7,10,13,16-17H2,1H3,(H,39,43). The molecule has 232 valence electrons. The van der Waals surface area contributed by atoms with Crippen LogP contribution in [0.3, 0.4) is 0 Å². The molecule has 2 aromatic carbocycles. The molecule has 1 N–H and O–H groups in total. The molecule has 2 aliphatic heterocycles. The van der Waals surface area contributed by atoms with Gasteiger partial charge in [-0.2, -0.15) is 0 Å². The normalized spacial score (nSPS) is 18.8. The third kappa shape index (κ3) is 4.81. The summed E-state index contributed by atoms with van der Waals surface area (Å²) in [5.74, 6) is -0.387. The number of hydrogen-bond donors (Lipinski definition) is 1. The fourth-order valence-electron chi connectivity index (χ4n) is 7.06. The molecule has 1 fully saturated rings. The zero-order valence-electron chi connectivity index (χ0n) is 24.9. The number of nitrogens with zero attached hydrogens (tertiary/aromatic N) is 4. The number of hydrogen-bond acceptors (Lipinski definition) is 7. The van der Waals surface area contributed by atoms with E-state index >= 15 is 4.39 Å². The molecule has 0 radical (unpaired) electrons. The first-order valence-corrected chi connectivity index (χ1v) is 16.2. The molecule has 3 aromatic heterocycles. The maximum atomic E-state index is 15.9. The summed E-state index contributed by atoms with van der Waals surface area (Å²) < 4.78 is 35.5. The van der Waals surface area contributed by atoms with Crippen LogP contribution in [0.2, 0.25) is 0 Å². The number of rotatable bonds is 7. The zero-order valence-corrected chi connectivity index (χ0v) is 25.7. The molecule has 2 amide bonds. The molecule has 0 bridgehead atoms. The summed E-state index contributed by atoms with van der Waals surface area (Å²) in [6.07, 6.45) is 1.66. The molecule has 3 aliphatic rings. The Balaban J connectivity index is 1.24. The van der Waals surface area contributed by atoms with Crippen molar-refractivity contribution in [2.75, 3.05) is 6.54 Å². The van der Waals surface area contributed by atoms with Crippen LogP contribution in [0.15, 0.2) is 65.1 Å². The summed E-state index contributed by atoms with van der Waals surface area (Å²) in [5, 5.41) is 11.5. The van der Waals surface area contributed by atoms with Crippen LogP contribution in [0.1, 0.15) is 91.5 Å². The first kappa shape index (κ1) is 28.7. The summed E-state index contributed by atoms with van der Waals surface area (Å²) in [6.45, 7) is 2.26. The quantitative estimate of drug-likeness (QED) is 0.202. The Labute approximate surface area is 267 Å². The second-order valence-corrected chi connectivity index (χ2v) is 13.1. The van der Waals surface area contributed by atoms with Crippen molar-refractivity contribution < 1.29 is 22.8 Å². The van der Waals surface area contributed by atoms with E-state index in [-0.39, 0.29) is 36.2 Å². The number of benzene rings is 2. The minimum Gasteiger partial charge on any atom is -0.421 e. The molecule has 11 heteroatoms. The lowest BCUT2D eigenvalue weighted by atomic mass is 9.92. The minimum atomic E-state index is -1.52. The van der Waals surface area contributed by atoms with Crippen LogP contribution in [-0.4, -0.2) is 38.4 Å². The Morgan fingerprint density at radius 3 is 2.70 bits per heavy atom. The van der Waals surface area contributed by atoms with Gasteiger partial charge in [-0.3, -0.25) is 14.6 Å². The second kappa shape index (κ2) is 11.2. The van der Waals surface area contributed by atoms with Gasteiger partial charge in [0.05, 0.1) is 39.5 Å². The highest BCUT2D eigenvalue weighted by Gasteiger charge is 2.45. The summed E-state index contributed by atoms with van der Waals surface area (Å²) in [6, 6.07) is 16.7. The van der Waals surface area contributed by atoms with E-state index in [1.54, 1.807) is 13.0 Å². The molecule has 5 aromatic rings. The maximum absolute atomic E-state index is 15.9. The van der Waals surface area contributed by atoms with Gasteiger partial charge >= 0.3 is 0 Å². The van der Waals surface area contributed by atoms with Gasteiger partial charge in [-0.15, -0.1) is 21.5 Å². The minimum absolute atomic E-state index is 0.0790. The SMILES string of the molecule is Cc1nnc(-c2c(CC(F)c3ccc(F)cc3)nc3c(c2-c2ccc(C(=O)NC4CCc5ccccc54)s2)C(=O)N2CCCC32)o1. The number of aromatic nitrogens is 3. The highest BCUT2D eigenvalue weighted by Crippen LogP contribution is 2.49. The highest BCUT2D eigenvalue weighted by molar-refractivity contribution is 7.17. The van der Waals surface area contributed by atoms with Crippen LogP contribution in [0.4, 0.5) is 8.78 Å². The maximum Gasteiger partial charge on any atom is 0.261 e. The van der Waals surface area contributed by atoms with Crippen LogP contribution in [0.5, 0.6) is 0 Å². The first-order valence-electron chi connectivity index (χ1n) is 15.4. The molecule has 1 aliphatic carbocycles. The molecule has 1 saturated heterocycles. The molecule has 46 heavy (non-hydrogen) atoms. The van der Waals surface area contributed by atoms with Crippen molar-refractivity contribution in [1.29, 1.82) is 0 Å². The van der Waals surface area contributed by atoms with Gasteiger partial charge in [-0.05, 0) is 66.6 Å². The predicted molar refractivity (Wildman–Crippen MR) is 168 cm³/mol. The number of carbonyl (C=O) groups excluding carboxylic acids is 2. The molecule has 3 unspecified atom stereocenters. The van der Waals surface area contributed by atoms with E-state index in [0.717, 1.165) is 31.2 Å². The van der Waals surface area contributed by atoms with Gasteiger partial charge in [0.1, 0.15) is 12.0 Å². The second-order valence-electron chi connectivity index (χ2n) is 12.0. The fraction of sp³-hybridized carbons (Fsp3) is 0.286. The van der Waals surface area contributed by atoms with E-state index in [4.69, 9.17) is 9.40 Å². The average Bonchev–Trinajstić information content (AvgIpc) is 3.89. The number of halogens is 2. The number of carbonyl (C=O) groups is 2. The van der Waals surface area contributed by atoms with Crippen molar-refractivity contribution >= 4 is 23.2 Å². The van der Waals surface area contributed by atoms with Crippen LogP contribution in [0, 0.1) is 12.7 Å². The van der Waals surface area contributed by atoms with Crippen LogP contribution < -0.4 is 5.32 Å². The Morgan fingerprint density at radius 2 is 1.89 bits per heavy atom. The van der Waals surface area contributed by atoms with Crippen LogP contribution >= 0.6 is 11.3 Å². The van der Waals surface area contributed by atoms with E-state index in [9.17, 15) is 14.0 Å². The predicted octanol–water partition coefficient (Wildman–Crippen LogP) is 7.27. The van der Waals surface area contributed by atoms with Gasteiger partial charge in [0, 0.05) is 30.3 Å². The van der Waals surface area contributed by atoms with Gasteiger partial charge in [-0.1, -0.05) is 36.4 Å². The van der Waals surface area contributed by atoms with Gasteiger partial charge in [0.2, 0.25) is 11.8 Å². The number of amides is 2. The Hall–Kier alpha value is -4.77. The van der Waals surface area contributed by atoms with Gasteiger partial charge < -0.3 is 14.6 Å². The molecule has 8 rings (SSSR count). The highest BCUT2D eigenvalue weighted by atomic mass is 32.1. The smallest absolute Gasteiger partial charge is 0.261 e. The monoisotopic (exact) mass is 637 g/mol. The summed E-state index contributed by atoms with van der Waals surface area (Å²) >= 11 is 1.26. The lowest BCUT2D eigenvalue weighted by molar-refractivity contribution is 0.0776. The lowest BCUT2D eigenvalue weighted by Gasteiger charge is -2.17. The molecular weight excluding hydrogens is 608 g/mol. The van der Waals surface area contributed by atoms with Gasteiger partial charge in [0.25, 0.3) is 11.8 Å². The van der Waals surface area contributed by atoms with Crippen molar-refractivity contribution in [3.63, 3.8) is 0 Å². The third-order valence-electron chi connectivity index (χ3n) is 9.20. The zero-order chi connectivity index (χ0) is 31.5. The molecule has 0 saturated carbocycles. The van der Waals surface area contributed by atoms with Crippen LogP contribution in [0.25, 0.3) is 21.9 Å². The third-order valence-corrected chi connectivity index (χ3v) is 10.3. The summed E-state index contributed by atoms with van der Waals surface area (Å²) in [4.78, 5) is 35.4. The molecule has 8 nitrogen and oxygen atoms in total. The molecular formula is C35H29F2N5O3S. The number of thiophene rings is 1. The molecule has 0 spiro atoms. The van der Waals surface area contributed by atoms with Crippen molar-refractivity contribution in [3.05, 3.63) is 111 Å². The van der Waals surface area contributed by atoms with E-state index < -0.39 is 12.0 Å². The summed E-state index contributed by atoms with van der Waals surface area (Å²) in [5.41, 5.74) is 4.95. The van der Waals surface area contributed by atoms with Crippen molar-refractivity contribution in [3.8, 4) is 21.9 Å². The Kier molecular flexibility index (Phi) is 7.01. The van der Waals surface area contributed by atoms with Gasteiger partial charge in [-0.25, -0.2) is 8.78 Å². The topological polar surface area (TPSA) is 101 Å². The number of pyridine rings is 1. The number of aryl methyl sites for hydroxylation is 2. The molecule has 3 atom stereocenters. The van der Waals surface area contributed by atoms with Crippen molar-refractivity contribution in [1.82, 2.24) is 25.4 Å². The Morgan fingerprint density at radius 1 is 1.07 bits per heavy atom. The fourth-order valence-corrected chi connectivity index (χ4v) is 8.03. The average molecular weight is 638 g/mol. The van der Waals surface area contributed by atoms with E-state index in [1.807, 2.05) is 23.1 Å². The van der Waals surface area contributed by atoms with E-state index in [0.29, 0.717) is 55.8 Å². The van der Waals surface area contributed by atoms with E-state index in [1.165, 1.54) is 41.2 Å². The summed E-state index contributed by atoms with van der Waals surface area (Å²) in [7, 11) is 0. The Bertz CT molecular complexity index is 2010. The van der Waals surface area contributed by atoms with Crippen molar-refractivity contribution in [2.24, 2.45) is 0 Å². The molecule has 5 heterocycles. The number of nitrogens with one attached hydrogen (secondary N) is 1. The van der Waals surface area contributed by atoms with Gasteiger partial charge in [0.15, 0.2) is 0 Å². The lowest BCUT2D eigenvalue weighted by Crippen LogP contribution is -2.26. The van der Waals surface area contributed by atoms with Crippen LogP contribution in [-0.2, 0) is 12.8 Å². The number of fused-ring (bicyclic) bond motifs is 4. The largest absolute Gasteiger partial charge is 0.421 e.